The van der Waals surface area contributed by atoms with Gasteiger partial charge in [-0.25, -0.2) is 8.78 Å². The summed E-state index contributed by atoms with van der Waals surface area (Å²) in [4.78, 5) is 13.6. The third-order valence-corrected chi connectivity index (χ3v) is 4.77. The van der Waals surface area contributed by atoms with Crippen molar-refractivity contribution in [1.82, 2.24) is 0 Å². The SMILES string of the molecule is CC(C)(C)c1ccc(C(=O)c2c(F)cc(Br)cc2F)s1. The largest absolute Gasteiger partial charge is 0.287 e. The quantitative estimate of drug-likeness (QED) is 0.664. The molecule has 0 spiro atoms. The fourth-order valence-electron chi connectivity index (χ4n) is 1.75. The average molecular weight is 359 g/mol. The van der Waals surface area contributed by atoms with Gasteiger partial charge < -0.3 is 0 Å². The molecule has 0 amide bonds. The van der Waals surface area contributed by atoms with Crippen molar-refractivity contribution in [3.63, 3.8) is 0 Å². The van der Waals surface area contributed by atoms with E-state index in [1.807, 2.05) is 26.8 Å². The third kappa shape index (κ3) is 2.99. The molecule has 20 heavy (non-hydrogen) atoms. The standard InChI is InChI=1S/C15H13BrF2OS/c1-15(2,3)12-5-4-11(20-12)14(19)13-9(17)6-8(16)7-10(13)18/h4-7H,1-3H3. The first kappa shape index (κ1) is 15.3. The molecule has 1 heterocycles. The summed E-state index contributed by atoms with van der Waals surface area (Å²) in [5.41, 5.74) is -0.601. The Hall–Kier alpha value is -1.07. The summed E-state index contributed by atoms with van der Waals surface area (Å²) < 4.78 is 27.9. The van der Waals surface area contributed by atoms with Crippen molar-refractivity contribution in [3.05, 3.63) is 55.7 Å². The van der Waals surface area contributed by atoms with Crippen molar-refractivity contribution in [1.29, 1.82) is 0 Å². The topological polar surface area (TPSA) is 17.1 Å². The van der Waals surface area contributed by atoms with Gasteiger partial charge in [-0.1, -0.05) is 36.7 Å². The van der Waals surface area contributed by atoms with E-state index in [-0.39, 0.29) is 9.89 Å². The number of carbonyl (C=O) groups excluding carboxylic acids is 1. The van der Waals surface area contributed by atoms with Gasteiger partial charge in [0.15, 0.2) is 0 Å². The van der Waals surface area contributed by atoms with Crippen molar-refractivity contribution < 1.29 is 13.6 Å². The molecule has 106 valence electrons. The summed E-state index contributed by atoms with van der Waals surface area (Å²) in [5, 5.41) is 0. The van der Waals surface area contributed by atoms with Gasteiger partial charge >= 0.3 is 0 Å². The van der Waals surface area contributed by atoms with E-state index in [1.54, 1.807) is 6.07 Å². The Morgan fingerprint density at radius 3 is 2.15 bits per heavy atom. The molecule has 0 radical (unpaired) electrons. The number of hydrogen-bond donors (Lipinski definition) is 0. The Balaban J connectivity index is 2.45. The molecule has 2 rings (SSSR count). The molecule has 0 saturated carbocycles. The number of hydrogen-bond acceptors (Lipinski definition) is 2. The minimum atomic E-state index is -0.854. The zero-order chi connectivity index (χ0) is 15.1. The van der Waals surface area contributed by atoms with Crippen LogP contribution in [0.2, 0.25) is 0 Å². The molecule has 1 aromatic carbocycles. The normalized spacial score (nSPS) is 11.7. The van der Waals surface area contributed by atoms with Gasteiger partial charge in [-0.05, 0) is 29.7 Å². The summed E-state index contributed by atoms with van der Waals surface area (Å²) in [7, 11) is 0. The number of benzene rings is 1. The van der Waals surface area contributed by atoms with Crippen LogP contribution in [-0.2, 0) is 5.41 Å². The zero-order valence-corrected chi connectivity index (χ0v) is 13.7. The van der Waals surface area contributed by atoms with Crippen molar-refractivity contribution in [2.24, 2.45) is 0 Å². The van der Waals surface area contributed by atoms with E-state index in [2.05, 4.69) is 15.9 Å². The summed E-state index contributed by atoms with van der Waals surface area (Å²) in [6.45, 7) is 6.07. The molecule has 0 unspecified atom stereocenters. The number of carbonyl (C=O) groups is 1. The Bertz CT molecular complexity index is 648. The number of thiophene rings is 1. The Morgan fingerprint density at radius 2 is 1.70 bits per heavy atom. The zero-order valence-electron chi connectivity index (χ0n) is 11.3. The van der Waals surface area contributed by atoms with E-state index in [1.165, 1.54) is 11.3 Å². The van der Waals surface area contributed by atoms with Crippen LogP contribution in [0.4, 0.5) is 8.78 Å². The maximum absolute atomic E-state index is 13.8. The number of ketones is 1. The molecule has 1 nitrogen and oxygen atoms in total. The van der Waals surface area contributed by atoms with E-state index in [4.69, 9.17) is 0 Å². The summed E-state index contributed by atoms with van der Waals surface area (Å²) in [5.74, 6) is -2.33. The minimum absolute atomic E-state index is 0.0972. The molecule has 1 aromatic heterocycles. The van der Waals surface area contributed by atoms with Gasteiger partial charge in [0, 0.05) is 9.35 Å². The predicted octanol–water partition coefficient (Wildman–Crippen LogP) is 5.32. The molecular formula is C15H13BrF2OS. The van der Waals surface area contributed by atoms with Gasteiger partial charge in [0.05, 0.1) is 10.4 Å². The van der Waals surface area contributed by atoms with E-state index >= 15 is 0 Å². The molecule has 2 aromatic rings. The van der Waals surface area contributed by atoms with E-state index in [9.17, 15) is 13.6 Å². The molecule has 0 bridgehead atoms. The highest BCUT2D eigenvalue weighted by molar-refractivity contribution is 9.10. The Labute approximate surface area is 128 Å². The Kier molecular flexibility index (Phi) is 4.12. The average Bonchev–Trinajstić information content (AvgIpc) is 2.75. The van der Waals surface area contributed by atoms with Gasteiger partial charge in [0.1, 0.15) is 11.6 Å². The van der Waals surface area contributed by atoms with E-state index in [0.29, 0.717) is 4.88 Å². The van der Waals surface area contributed by atoms with Crippen LogP contribution in [0.3, 0.4) is 0 Å². The molecule has 0 aliphatic heterocycles. The first-order valence-corrected chi connectivity index (χ1v) is 7.60. The van der Waals surface area contributed by atoms with Gasteiger partial charge in [0.25, 0.3) is 0 Å². The lowest BCUT2D eigenvalue weighted by Crippen LogP contribution is -2.08. The highest BCUT2D eigenvalue weighted by Gasteiger charge is 2.23. The molecule has 0 aliphatic rings. The van der Waals surface area contributed by atoms with Crippen LogP contribution in [0.25, 0.3) is 0 Å². The first-order valence-electron chi connectivity index (χ1n) is 5.99. The second-order valence-electron chi connectivity index (χ2n) is 5.49. The summed E-state index contributed by atoms with van der Waals surface area (Å²) in [6, 6.07) is 5.63. The number of rotatable bonds is 2. The fourth-order valence-corrected chi connectivity index (χ4v) is 3.16. The van der Waals surface area contributed by atoms with Crippen LogP contribution in [0.5, 0.6) is 0 Å². The van der Waals surface area contributed by atoms with E-state index < -0.39 is 23.0 Å². The molecule has 0 saturated heterocycles. The van der Waals surface area contributed by atoms with Gasteiger partial charge in [-0.3, -0.25) is 4.79 Å². The molecule has 0 fully saturated rings. The maximum atomic E-state index is 13.8. The second-order valence-corrected chi connectivity index (χ2v) is 7.49. The lowest BCUT2D eigenvalue weighted by molar-refractivity contribution is 0.103. The van der Waals surface area contributed by atoms with Crippen molar-refractivity contribution in [3.8, 4) is 0 Å². The highest BCUT2D eigenvalue weighted by atomic mass is 79.9. The molecule has 0 aliphatic carbocycles. The van der Waals surface area contributed by atoms with Crippen LogP contribution >= 0.6 is 27.3 Å². The van der Waals surface area contributed by atoms with Gasteiger partial charge in [0.2, 0.25) is 5.78 Å². The lowest BCUT2D eigenvalue weighted by Gasteiger charge is -2.15. The van der Waals surface area contributed by atoms with Crippen LogP contribution < -0.4 is 0 Å². The first-order chi connectivity index (χ1) is 9.20. The highest BCUT2D eigenvalue weighted by Crippen LogP contribution is 2.31. The van der Waals surface area contributed by atoms with Crippen molar-refractivity contribution >= 4 is 33.0 Å². The second kappa shape index (κ2) is 5.37. The monoisotopic (exact) mass is 358 g/mol. The van der Waals surface area contributed by atoms with Gasteiger partial charge in [-0.15, -0.1) is 11.3 Å². The van der Waals surface area contributed by atoms with E-state index in [0.717, 1.165) is 17.0 Å². The molecule has 0 N–H and O–H groups in total. The van der Waals surface area contributed by atoms with Crippen molar-refractivity contribution in [2.45, 2.75) is 26.2 Å². The van der Waals surface area contributed by atoms with Crippen LogP contribution in [0.1, 0.15) is 40.9 Å². The maximum Gasteiger partial charge on any atom is 0.208 e. The molecule has 5 heteroatoms. The summed E-state index contributed by atoms with van der Waals surface area (Å²) >= 11 is 4.26. The molecule has 0 atom stereocenters. The smallest absolute Gasteiger partial charge is 0.208 e. The van der Waals surface area contributed by atoms with Gasteiger partial charge in [-0.2, -0.15) is 0 Å². The summed E-state index contributed by atoms with van der Waals surface area (Å²) in [6.07, 6.45) is 0. The molecular weight excluding hydrogens is 346 g/mol. The lowest BCUT2D eigenvalue weighted by atomic mass is 9.95. The predicted molar refractivity (Wildman–Crippen MR) is 80.5 cm³/mol. The Morgan fingerprint density at radius 1 is 1.15 bits per heavy atom. The third-order valence-electron chi connectivity index (χ3n) is 2.80. The number of halogens is 3. The minimum Gasteiger partial charge on any atom is -0.287 e. The van der Waals surface area contributed by atoms with Crippen LogP contribution in [0.15, 0.2) is 28.7 Å². The van der Waals surface area contributed by atoms with Crippen LogP contribution in [-0.4, -0.2) is 5.78 Å². The fraction of sp³-hybridized carbons (Fsp3) is 0.267. The van der Waals surface area contributed by atoms with Crippen LogP contribution in [0, 0.1) is 11.6 Å². The van der Waals surface area contributed by atoms with Crippen molar-refractivity contribution in [2.75, 3.05) is 0 Å².